The van der Waals surface area contributed by atoms with E-state index >= 15 is 0 Å². The van der Waals surface area contributed by atoms with Crippen molar-refractivity contribution in [2.75, 3.05) is 11.9 Å². The molecule has 0 aromatic heterocycles. The second-order valence-corrected chi connectivity index (χ2v) is 9.65. The van der Waals surface area contributed by atoms with Crippen LogP contribution in [0.4, 0.5) is 10.1 Å². The van der Waals surface area contributed by atoms with Gasteiger partial charge >= 0.3 is 0 Å². The molecule has 0 saturated heterocycles. The summed E-state index contributed by atoms with van der Waals surface area (Å²) in [5, 5.41) is 3.31. The van der Waals surface area contributed by atoms with Gasteiger partial charge in [0.2, 0.25) is 0 Å². The maximum atomic E-state index is 12.6. The quantitative estimate of drug-likeness (QED) is 0.268. The van der Waals surface area contributed by atoms with Crippen molar-refractivity contribution in [1.29, 1.82) is 0 Å². The highest BCUT2D eigenvalue weighted by Gasteiger charge is 2.28. The Bertz CT molecular complexity index is 1390. The molecule has 2 N–H and O–H groups in total. The van der Waals surface area contributed by atoms with Crippen LogP contribution in [-0.2, 0) is 23.0 Å². The molecule has 1 aliphatic carbocycles. The molecule has 174 valence electrons. The van der Waals surface area contributed by atoms with Gasteiger partial charge in [-0.25, -0.2) is 4.39 Å². The van der Waals surface area contributed by atoms with Crippen molar-refractivity contribution in [3.8, 4) is 11.1 Å². The monoisotopic (exact) mass is 495 g/mol. The van der Waals surface area contributed by atoms with E-state index in [1.807, 2.05) is 42.5 Å². The largest absolute Gasteiger partial charge is 0.385 e. The minimum Gasteiger partial charge on any atom is -0.385 e. The number of rotatable bonds is 5. The SMILES string of the molecule is Fc1ccc(NCCc2ccccc2)cc1.O=S(=O)(O)c1c(Cl)ccc2c1Cc1ccccc1-2. The number of nitrogens with one attached hydrogen (secondary N) is 1. The fourth-order valence-corrected chi connectivity index (χ4v) is 5.27. The van der Waals surface area contributed by atoms with E-state index in [1.165, 1.54) is 23.8 Å². The average Bonchev–Trinajstić information content (AvgIpc) is 3.19. The van der Waals surface area contributed by atoms with E-state index in [4.69, 9.17) is 11.6 Å². The molecule has 34 heavy (non-hydrogen) atoms. The summed E-state index contributed by atoms with van der Waals surface area (Å²) in [6.07, 6.45) is 1.44. The molecule has 0 heterocycles. The van der Waals surface area contributed by atoms with Gasteiger partial charge in [-0.05, 0) is 64.6 Å². The fourth-order valence-electron chi connectivity index (χ4n) is 4.00. The molecule has 4 nitrogen and oxygen atoms in total. The van der Waals surface area contributed by atoms with Crippen molar-refractivity contribution < 1.29 is 17.4 Å². The molecule has 0 saturated carbocycles. The molecule has 4 aromatic carbocycles. The van der Waals surface area contributed by atoms with E-state index in [-0.39, 0.29) is 15.7 Å². The van der Waals surface area contributed by atoms with Gasteiger partial charge in [0.05, 0.1) is 5.02 Å². The highest BCUT2D eigenvalue weighted by molar-refractivity contribution is 7.86. The Labute approximate surface area is 203 Å². The second-order valence-electron chi connectivity index (χ2n) is 7.88. The van der Waals surface area contributed by atoms with Crippen LogP contribution in [0.3, 0.4) is 0 Å². The second kappa shape index (κ2) is 10.4. The number of benzene rings is 4. The minimum absolute atomic E-state index is 0.0593. The van der Waals surface area contributed by atoms with Gasteiger partial charge < -0.3 is 5.32 Å². The van der Waals surface area contributed by atoms with Crippen molar-refractivity contribution in [2.24, 2.45) is 0 Å². The molecule has 0 atom stereocenters. The lowest BCUT2D eigenvalue weighted by Crippen LogP contribution is -2.04. The number of fused-ring (bicyclic) bond motifs is 3. The summed E-state index contributed by atoms with van der Waals surface area (Å²) in [7, 11) is -4.31. The maximum absolute atomic E-state index is 12.6. The highest BCUT2D eigenvalue weighted by atomic mass is 35.5. The summed E-state index contributed by atoms with van der Waals surface area (Å²) in [6.45, 7) is 0.857. The first-order chi connectivity index (χ1) is 16.3. The summed E-state index contributed by atoms with van der Waals surface area (Å²) in [5.41, 5.74) is 5.69. The fraction of sp³-hybridized carbons (Fsp3) is 0.111. The van der Waals surface area contributed by atoms with Crippen LogP contribution in [0.2, 0.25) is 5.02 Å². The van der Waals surface area contributed by atoms with Crippen molar-refractivity contribution in [3.63, 3.8) is 0 Å². The van der Waals surface area contributed by atoms with Gasteiger partial charge in [0.15, 0.2) is 0 Å². The predicted octanol–water partition coefficient (Wildman–Crippen LogP) is 6.64. The van der Waals surface area contributed by atoms with Crippen LogP contribution in [0.1, 0.15) is 16.7 Å². The van der Waals surface area contributed by atoms with Crippen LogP contribution < -0.4 is 5.32 Å². The summed E-state index contributed by atoms with van der Waals surface area (Å²) >= 11 is 5.90. The molecule has 0 radical (unpaired) electrons. The van der Waals surface area contributed by atoms with Gasteiger partial charge in [-0.2, -0.15) is 8.42 Å². The molecular formula is C27H23ClFNO3S. The first kappa shape index (κ1) is 24.0. The van der Waals surface area contributed by atoms with Gasteiger partial charge in [-0.3, -0.25) is 4.55 Å². The van der Waals surface area contributed by atoms with Gasteiger partial charge in [-0.15, -0.1) is 0 Å². The van der Waals surface area contributed by atoms with E-state index in [2.05, 4.69) is 17.4 Å². The highest BCUT2D eigenvalue weighted by Crippen LogP contribution is 2.42. The van der Waals surface area contributed by atoms with Crippen LogP contribution in [0.25, 0.3) is 11.1 Å². The summed E-state index contributed by atoms with van der Waals surface area (Å²) in [6, 6.07) is 27.7. The van der Waals surface area contributed by atoms with Gasteiger partial charge in [0.25, 0.3) is 10.1 Å². The molecule has 0 spiro atoms. The average molecular weight is 496 g/mol. The number of anilines is 1. The Kier molecular flexibility index (Phi) is 7.32. The Balaban J connectivity index is 0.000000162. The van der Waals surface area contributed by atoms with Crippen LogP contribution in [-0.4, -0.2) is 19.5 Å². The molecule has 7 heteroatoms. The number of hydrogen-bond acceptors (Lipinski definition) is 3. The maximum Gasteiger partial charge on any atom is 0.296 e. The van der Waals surface area contributed by atoms with E-state index in [1.54, 1.807) is 18.2 Å². The topological polar surface area (TPSA) is 66.4 Å². The Morgan fingerprint density at radius 1 is 0.853 bits per heavy atom. The first-order valence-electron chi connectivity index (χ1n) is 10.7. The van der Waals surface area contributed by atoms with Crippen LogP contribution >= 0.6 is 11.6 Å². The number of hydrogen-bond donors (Lipinski definition) is 2. The molecule has 5 rings (SSSR count). The molecule has 0 amide bonds. The van der Waals surface area contributed by atoms with Crippen LogP contribution in [0.5, 0.6) is 0 Å². The van der Waals surface area contributed by atoms with Gasteiger partial charge in [-0.1, -0.05) is 72.3 Å². The lowest BCUT2D eigenvalue weighted by Gasteiger charge is -2.07. The summed E-state index contributed by atoms with van der Waals surface area (Å²) < 4.78 is 44.8. The third kappa shape index (κ3) is 5.65. The summed E-state index contributed by atoms with van der Waals surface area (Å²) in [4.78, 5) is -0.169. The number of halogens is 2. The molecule has 0 bridgehead atoms. The van der Waals surface area contributed by atoms with Crippen LogP contribution in [0, 0.1) is 5.82 Å². The lowest BCUT2D eigenvalue weighted by molar-refractivity contribution is 0.482. The molecule has 1 aliphatic rings. The first-order valence-corrected chi connectivity index (χ1v) is 12.6. The minimum atomic E-state index is -4.31. The molecular weight excluding hydrogens is 473 g/mol. The van der Waals surface area contributed by atoms with Crippen molar-refractivity contribution in [1.82, 2.24) is 0 Å². The van der Waals surface area contributed by atoms with Gasteiger partial charge in [0.1, 0.15) is 10.7 Å². The van der Waals surface area contributed by atoms with Crippen LogP contribution in [0.15, 0.2) is 95.9 Å². The Hall–Kier alpha value is -3.19. The van der Waals surface area contributed by atoms with Gasteiger partial charge in [0, 0.05) is 18.7 Å². The summed E-state index contributed by atoms with van der Waals surface area (Å²) in [5.74, 6) is -0.200. The van der Waals surface area contributed by atoms with E-state index < -0.39 is 10.1 Å². The van der Waals surface area contributed by atoms with E-state index in [0.717, 1.165) is 35.3 Å². The third-order valence-electron chi connectivity index (χ3n) is 5.58. The zero-order valence-corrected chi connectivity index (χ0v) is 19.8. The Morgan fingerprint density at radius 3 is 2.24 bits per heavy atom. The molecule has 0 aliphatic heterocycles. The molecule has 0 fully saturated rings. The predicted molar refractivity (Wildman–Crippen MR) is 135 cm³/mol. The van der Waals surface area contributed by atoms with E-state index in [0.29, 0.717) is 12.0 Å². The molecule has 4 aromatic rings. The van der Waals surface area contributed by atoms with E-state index in [9.17, 15) is 17.4 Å². The molecule has 0 unspecified atom stereocenters. The third-order valence-corrected chi connectivity index (χ3v) is 6.98. The zero-order valence-electron chi connectivity index (χ0n) is 18.2. The lowest BCUT2D eigenvalue weighted by atomic mass is 10.1. The normalized spacial score (nSPS) is 11.7. The van der Waals surface area contributed by atoms with Crippen molar-refractivity contribution >= 4 is 27.4 Å². The standard InChI is InChI=1S/C14H14FN.C13H9ClO3S/c15-13-6-8-14(9-7-13)16-11-10-12-4-2-1-3-5-12;14-12-6-5-10-9-4-2-1-3-8(9)7-11(10)13(12)18(15,16)17/h1-9,16H,10-11H2;1-6H,7H2,(H,15,16,17). The van der Waals surface area contributed by atoms with Crippen molar-refractivity contribution in [3.05, 3.63) is 119 Å². The zero-order chi connectivity index (χ0) is 24.1. The Morgan fingerprint density at radius 2 is 1.53 bits per heavy atom. The van der Waals surface area contributed by atoms with Crippen molar-refractivity contribution in [2.45, 2.75) is 17.7 Å². The smallest absolute Gasteiger partial charge is 0.296 e.